The number of methoxy groups -OCH3 is 2. The number of anilines is 1. The third-order valence-electron chi connectivity index (χ3n) is 6.17. The van der Waals surface area contributed by atoms with E-state index in [-0.39, 0.29) is 29.6 Å². The van der Waals surface area contributed by atoms with Crippen molar-refractivity contribution >= 4 is 17.6 Å². The lowest BCUT2D eigenvalue weighted by Gasteiger charge is -2.36. The molecule has 5 nitrogen and oxygen atoms in total. The maximum absolute atomic E-state index is 13.6. The molecule has 136 valence electrons. The van der Waals surface area contributed by atoms with Crippen molar-refractivity contribution in [1.29, 1.82) is 0 Å². The van der Waals surface area contributed by atoms with Gasteiger partial charge in [-0.05, 0) is 36.5 Å². The molecule has 1 spiro atoms. The quantitative estimate of drug-likeness (QED) is 0.781. The molecule has 1 saturated carbocycles. The zero-order chi connectivity index (χ0) is 18.3. The van der Waals surface area contributed by atoms with Crippen LogP contribution in [0.1, 0.15) is 12.8 Å². The minimum atomic E-state index is -0.630. The fourth-order valence-corrected chi connectivity index (χ4v) is 5.12. The van der Waals surface area contributed by atoms with Gasteiger partial charge in [-0.15, -0.1) is 0 Å². The van der Waals surface area contributed by atoms with E-state index in [4.69, 9.17) is 9.47 Å². The van der Waals surface area contributed by atoms with Crippen LogP contribution in [0.15, 0.2) is 54.3 Å². The van der Waals surface area contributed by atoms with E-state index in [1.54, 1.807) is 7.11 Å². The van der Waals surface area contributed by atoms with Crippen molar-refractivity contribution in [3.63, 3.8) is 0 Å². The van der Waals surface area contributed by atoms with Crippen molar-refractivity contribution < 1.29 is 19.1 Å². The fraction of sp³-hybridized carbons (Fsp3) is 0.429. The molecule has 1 amide bonds. The van der Waals surface area contributed by atoms with Crippen LogP contribution in [0, 0.1) is 23.2 Å². The summed E-state index contributed by atoms with van der Waals surface area (Å²) >= 11 is 0. The van der Waals surface area contributed by atoms with Gasteiger partial charge in [-0.3, -0.25) is 9.59 Å². The lowest BCUT2D eigenvalue weighted by molar-refractivity contribution is -0.142. The number of para-hydroxylation sites is 1. The molecule has 1 aromatic rings. The standard InChI is InChI=1S/C21H23NO4/c1-25-17-9-6-10-21-15(11-14(19(17)21)12-18(23)26-2)13-22(20(21)24)16-7-4-3-5-8-16/h3-10,14-15,19H,11-13H2,1-2H3/t14-,15-,19-,21-/m1/s1. The topological polar surface area (TPSA) is 55.8 Å². The Kier molecular flexibility index (Phi) is 4.10. The Hall–Kier alpha value is -2.56. The smallest absolute Gasteiger partial charge is 0.305 e. The van der Waals surface area contributed by atoms with Gasteiger partial charge in [0.15, 0.2) is 0 Å². The average molecular weight is 353 g/mol. The predicted molar refractivity (Wildman–Crippen MR) is 97.2 cm³/mol. The number of rotatable bonds is 4. The summed E-state index contributed by atoms with van der Waals surface area (Å²) in [6, 6.07) is 9.78. The van der Waals surface area contributed by atoms with E-state index in [1.165, 1.54) is 7.11 Å². The van der Waals surface area contributed by atoms with Gasteiger partial charge in [0.1, 0.15) is 5.76 Å². The molecule has 5 heteroatoms. The first kappa shape index (κ1) is 16.9. The highest BCUT2D eigenvalue weighted by Crippen LogP contribution is 2.61. The van der Waals surface area contributed by atoms with E-state index in [0.29, 0.717) is 13.0 Å². The van der Waals surface area contributed by atoms with Crippen LogP contribution in [0.3, 0.4) is 0 Å². The van der Waals surface area contributed by atoms with Gasteiger partial charge in [0, 0.05) is 24.6 Å². The summed E-state index contributed by atoms with van der Waals surface area (Å²) < 4.78 is 10.5. The monoisotopic (exact) mass is 353 g/mol. The SMILES string of the molecule is COC(=O)C[C@H]1C[C@@H]2CN(c3ccccc3)C(=O)[C@]23C=CC=C(OC)[C@@H]13. The average Bonchev–Trinajstić information content (AvgIpc) is 3.13. The highest BCUT2D eigenvalue weighted by atomic mass is 16.5. The van der Waals surface area contributed by atoms with Crippen LogP contribution in [-0.2, 0) is 19.1 Å². The maximum Gasteiger partial charge on any atom is 0.305 e. The molecule has 0 radical (unpaired) electrons. The molecular formula is C21H23NO4. The molecule has 1 saturated heterocycles. The fourth-order valence-electron chi connectivity index (χ4n) is 5.12. The van der Waals surface area contributed by atoms with Crippen LogP contribution in [0.5, 0.6) is 0 Å². The summed E-state index contributed by atoms with van der Waals surface area (Å²) in [4.78, 5) is 27.4. The van der Waals surface area contributed by atoms with Crippen LogP contribution in [-0.4, -0.2) is 32.6 Å². The zero-order valence-corrected chi connectivity index (χ0v) is 15.1. The first-order valence-electron chi connectivity index (χ1n) is 8.99. The second-order valence-electron chi connectivity index (χ2n) is 7.27. The lowest BCUT2D eigenvalue weighted by Crippen LogP contribution is -2.42. The second-order valence-corrected chi connectivity index (χ2v) is 7.27. The lowest BCUT2D eigenvalue weighted by atomic mass is 9.68. The van der Waals surface area contributed by atoms with E-state index >= 15 is 0 Å². The van der Waals surface area contributed by atoms with Gasteiger partial charge in [-0.25, -0.2) is 0 Å². The Morgan fingerprint density at radius 3 is 2.73 bits per heavy atom. The Labute approximate surface area is 153 Å². The minimum absolute atomic E-state index is 0.0467. The van der Waals surface area contributed by atoms with Gasteiger partial charge < -0.3 is 14.4 Å². The first-order chi connectivity index (χ1) is 12.6. The van der Waals surface area contributed by atoms with Crippen LogP contribution < -0.4 is 4.90 Å². The highest BCUT2D eigenvalue weighted by Gasteiger charge is 2.65. The maximum atomic E-state index is 13.6. The molecule has 26 heavy (non-hydrogen) atoms. The largest absolute Gasteiger partial charge is 0.501 e. The molecule has 0 bridgehead atoms. The van der Waals surface area contributed by atoms with E-state index in [2.05, 4.69) is 0 Å². The van der Waals surface area contributed by atoms with Crippen molar-refractivity contribution in [3.05, 3.63) is 54.3 Å². The molecule has 2 aliphatic carbocycles. The number of ether oxygens (including phenoxy) is 2. The molecule has 0 aromatic heterocycles. The van der Waals surface area contributed by atoms with Crippen LogP contribution in [0.25, 0.3) is 0 Å². The van der Waals surface area contributed by atoms with Gasteiger partial charge in [0.2, 0.25) is 5.91 Å². The van der Waals surface area contributed by atoms with E-state index in [9.17, 15) is 9.59 Å². The van der Waals surface area contributed by atoms with Crippen molar-refractivity contribution in [2.45, 2.75) is 12.8 Å². The van der Waals surface area contributed by atoms with Gasteiger partial charge in [-0.2, -0.15) is 0 Å². The summed E-state index contributed by atoms with van der Waals surface area (Å²) in [6.45, 7) is 0.665. The third-order valence-corrected chi connectivity index (χ3v) is 6.17. The van der Waals surface area contributed by atoms with Crippen molar-refractivity contribution in [2.24, 2.45) is 23.2 Å². The van der Waals surface area contributed by atoms with Crippen molar-refractivity contribution in [1.82, 2.24) is 0 Å². The molecule has 2 fully saturated rings. The third kappa shape index (κ3) is 2.30. The zero-order valence-electron chi connectivity index (χ0n) is 15.1. The molecular weight excluding hydrogens is 330 g/mol. The molecule has 1 heterocycles. The van der Waals surface area contributed by atoms with Crippen molar-refractivity contribution in [3.8, 4) is 0 Å². The molecule has 1 aliphatic heterocycles. The van der Waals surface area contributed by atoms with E-state index in [0.717, 1.165) is 17.9 Å². The number of carbonyl (C=O) groups excluding carboxylic acids is 2. The summed E-state index contributed by atoms with van der Waals surface area (Å²) in [7, 11) is 3.04. The number of hydrogen-bond donors (Lipinski definition) is 0. The normalized spacial score (nSPS) is 32.1. The Morgan fingerprint density at radius 2 is 2.04 bits per heavy atom. The first-order valence-corrected chi connectivity index (χ1v) is 8.99. The van der Waals surface area contributed by atoms with Crippen LogP contribution in [0.2, 0.25) is 0 Å². The summed E-state index contributed by atoms with van der Waals surface area (Å²) in [5.74, 6) is 0.734. The summed E-state index contributed by atoms with van der Waals surface area (Å²) in [5.41, 5.74) is 0.292. The molecule has 4 rings (SSSR count). The van der Waals surface area contributed by atoms with Gasteiger partial charge in [0.25, 0.3) is 0 Å². The van der Waals surface area contributed by atoms with Crippen molar-refractivity contribution in [2.75, 3.05) is 25.7 Å². The Morgan fingerprint density at radius 1 is 1.27 bits per heavy atom. The van der Waals surface area contributed by atoms with E-state index in [1.807, 2.05) is 53.5 Å². The molecule has 0 unspecified atom stereocenters. The van der Waals surface area contributed by atoms with Crippen LogP contribution in [0.4, 0.5) is 5.69 Å². The summed E-state index contributed by atoms with van der Waals surface area (Å²) in [5, 5.41) is 0. The Bertz CT molecular complexity index is 784. The number of carbonyl (C=O) groups is 2. The number of esters is 1. The van der Waals surface area contributed by atoms with Gasteiger partial charge in [0.05, 0.1) is 19.6 Å². The number of amides is 1. The molecule has 1 aromatic carbocycles. The minimum Gasteiger partial charge on any atom is -0.501 e. The summed E-state index contributed by atoms with van der Waals surface area (Å²) in [6.07, 6.45) is 7.00. The molecule has 3 aliphatic rings. The predicted octanol–water partition coefficient (Wildman–Crippen LogP) is 2.94. The number of nitrogens with zero attached hydrogens (tertiary/aromatic N) is 1. The second kappa shape index (κ2) is 6.31. The Balaban J connectivity index is 1.73. The number of allylic oxidation sites excluding steroid dienone is 3. The number of hydrogen-bond acceptors (Lipinski definition) is 4. The van der Waals surface area contributed by atoms with Gasteiger partial charge >= 0.3 is 5.97 Å². The number of benzene rings is 1. The highest BCUT2D eigenvalue weighted by molar-refractivity contribution is 6.02. The van der Waals surface area contributed by atoms with Gasteiger partial charge in [-0.1, -0.05) is 30.4 Å². The molecule has 0 N–H and O–H groups in total. The van der Waals surface area contributed by atoms with Crippen LogP contribution >= 0.6 is 0 Å². The molecule has 4 atom stereocenters. The van der Waals surface area contributed by atoms with E-state index < -0.39 is 5.41 Å².